The molecule has 0 fully saturated rings. The molecule has 130 valence electrons. The number of aromatic nitrogens is 1. The van der Waals surface area contributed by atoms with Crippen molar-refractivity contribution in [2.24, 2.45) is 0 Å². The second-order valence-electron chi connectivity index (χ2n) is 5.35. The first-order chi connectivity index (χ1) is 11.4. The van der Waals surface area contributed by atoms with E-state index in [-0.39, 0.29) is 11.9 Å². The van der Waals surface area contributed by atoms with Crippen LogP contribution in [0.1, 0.15) is 40.3 Å². The molecular weight excluding hydrogens is 312 g/mol. The molecule has 0 radical (unpaired) electrons. The molecule has 1 unspecified atom stereocenters. The zero-order valence-electron chi connectivity index (χ0n) is 14.7. The Kier molecular flexibility index (Phi) is 5.33. The summed E-state index contributed by atoms with van der Waals surface area (Å²) >= 11 is 0. The van der Waals surface area contributed by atoms with E-state index in [9.17, 15) is 4.79 Å². The van der Waals surface area contributed by atoms with Crippen LogP contribution in [0.4, 0.5) is 0 Å². The smallest absolute Gasteiger partial charge is 0.257 e. The molecular formula is C17H22N2O5. The molecule has 0 saturated heterocycles. The topological polar surface area (TPSA) is 82.8 Å². The molecule has 0 aliphatic rings. The van der Waals surface area contributed by atoms with E-state index in [2.05, 4.69) is 10.5 Å². The molecule has 1 aromatic heterocycles. The molecule has 1 atom stereocenters. The molecule has 2 aromatic rings. The molecule has 1 amide bonds. The number of hydrogen-bond donors (Lipinski definition) is 1. The molecule has 24 heavy (non-hydrogen) atoms. The van der Waals surface area contributed by atoms with Gasteiger partial charge >= 0.3 is 0 Å². The van der Waals surface area contributed by atoms with Crippen molar-refractivity contribution in [3.63, 3.8) is 0 Å². The van der Waals surface area contributed by atoms with Gasteiger partial charge in [-0.05, 0) is 38.5 Å². The predicted octanol–water partition coefficient (Wildman–Crippen LogP) is 2.81. The summed E-state index contributed by atoms with van der Waals surface area (Å²) in [5.74, 6) is 1.82. The Morgan fingerprint density at radius 2 is 1.71 bits per heavy atom. The molecule has 0 spiro atoms. The first-order valence-electron chi connectivity index (χ1n) is 7.46. The number of carbonyl (C=O) groups excluding carboxylic acids is 1. The maximum Gasteiger partial charge on any atom is 0.257 e. The van der Waals surface area contributed by atoms with Crippen LogP contribution < -0.4 is 19.5 Å². The molecule has 0 saturated carbocycles. The van der Waals surface area contributed by atoms with Gasteiger partial charge in [-0.25, -0.2) is 0 Å². The summed E-state index contributed by atoms with van der Waals surface area (Å²) in [6.07, 6.45) is 0. The lowest BCUT2D eigenvalue weighted by molar-refractivity contribution is 0.0937. The van der Waals surface area contributed by atoms with Crippen LogP contribution >= 0.6 is 0 Å². The molecule has 1 aromatic carbocycles. The van der Waals surface area contributed by atoms with Crippen molar-refractivity contribution in [3.8, 4) is 17.2 Å². The third-order valence-corrected chi connectivity index (χ3v) is 3.80. The molecule has 1 N–H and O–H groups in total. The molecule has 7 heteroatoms. The minimum atomic E-state index is -0.278. The second kappa shape index (κ2) is 7.25. The van der Waals surface area contributed by atoms with Crippen LogP contribution in [0.2, 0.25) is 0 Å². The van der Waals surface area contributed by atoms with Crippen molar-refractivity contribution in [1.29, 1.82) is 0 Å². The maximum atomic E-state index is 12.5. The van der Waals surface area contributed by atoms with Crippen LogP contribution in [0.5, 0.6) is 17.2 Å². The minimum Gasteiger partial charge on any atom is -0.493 e. The van der Waals surface area contributed by atoms with Crippen molar-refractivity contribution >= 4 is 5.91 Å². The van der Waals surface area contributed by atoms with E-state index in [1.54, 1.807) is 47.3 Å². The minimum absolute atomic E-state index is 0.243. The Balaban J connectivity index is 2.29. The summed E-state index contributed by atoms with van der Waals surface area (Å²) in [5, 5.41) is 6.73. The van der Waals surface area contributed by atoms with Gasteiger partial charge in [0.15, 0.2) is 11.5 Å². The fourth-order valence-electron chi connectivity index (χ4n) is 2.51. The van der Waals surface area contributed by atoms with Gasteiger partial charge in [0, 0.05) is 0 Å². The Hall–Kier alpha value is -2.70. The average molecular weight is 334 g/mol. The van der Waals surface area contributed by atoms with Crippen LogP contribution in [0.3, 0.4) is 0 Å². The van der Waals surface area contributed by atoms with Gasteiger partial charge in [-0.1, -0.05) is 5.16 Å². The lowest BCUT2D eigenvalue weighted by Gasteiger charge is -2.18. The summed E-state index contributed by atoms with van der Waals surface area (Å²) in [6, 6.07) is 3.33. The van der Waals surface area contributed by atoms with Gasteiger partial charge in [-0.3, -0.25) is 4.79 Å². The number of aryl methyl sites for hydroxylation is 2. The standard InChI is InChI=1S/C17H22N2O5/c1-9(18-17(20)15-10(2)19-24-11(15)3)12-7-13(21-4)16(23-6)14(8-12)22-5/h7-9H,1-6H3,(H,18,20). The van der Waals surface area contributed by atoms with Gasteiger partial charge in [0.05, 0.1) is 33.1 Å². The average Bonchev–Trinajstić information content (AvgIpc) is 2.91. The highest BCUT2D eigenvalue weighted by Crippen LogP contribution is 2.39. The van der Waals surface area contributed by atoms with Crippen LogP contribution in [0.15, 0.2) is 16.7 Å². The van der Waals surface area contributed by atoms with Gasteiger partial charge in [-0.15, -0.1) is 0 Å². The van der Waals surface area contributed by atoms with Crippen LogP contribution in [-0.4, -0.2) is 32.4 Å². The first-order valence-corrected chi connectivity index (χ1v) is 7.46. The summed E-state index contributed by atoms with van der Waals surface area (Å²) in [7, 11) is 4.64. The third kappa shape index (κ3) is 3.29. The van der Waals surface area contributed by atoms with E-state index in [1.165, 1.54) is 0 Å². The quantitative estimate of drug-likeness (QED) is 0.874. The zero-order chi connectivity index (χ0) is 17.9. The highest BCUT2D eigenvalue weighted by molar-refractivity contribution is 5.96. The zero-order valence-corrected chi connectivity index (χ0v) is 14.7. The number of ether oxygens (including phenoxy) is 3. The summed E-state index contributed by atoms with van der Waals surface area (Å²) < 4.78 is 21.0. The Bertz CT molecular complexity index is 694. The third-order valence-electron chi connectivity index (χ3n) is 3.80. The molecule has 0 aliphatic heterocycles. The molecule has 0 aliphatic carbocycles. The summed E-state index contributed by atoms with van der Waals surface area (Å²) in [5.41, 5.74) is 1.83. The van der Waals surface area contributed by atoms with E-state index in [4.69, 9.17) is 18.7 Å². The molecule has 2 rings (SSSR count). The number of rotatable bonds is 6. The second-order valence-corrected chi connectivity index (χ2v) is 5.35. The van der Waals surface area contributed by atoms with Crippen LogP contribution in [-0.2, 0) is 0 Å². The SMILES string of the molecule is COc1cc(C(C)NC(=O)c2c(C)noc2C)cc(OC)c1OC. The van der Waals surface area contributed by atoms with Crippen molar-refractivity contribution in [2.45, 2.75) is 26.8 Å². The Labute approximate surface area is 140 Å². The summed E-state index contributed by atoms with van der Waals surface area (Å²) in [4.78, 5) is 12.5. The largest absolute Gasteiger partial charge is 0.493 e. The van der Waals surface area contributed by atoms with Crippen molar-refractivity contribution in [1.82, 2.24) is 10.5 Å². The number of methoxy groups -OCH3 is 3. The number of nitrogens with zero attached hydrogens (tertiary/aromatic N) is 1. The fraction of sp³-hybridized carbons (Fsp3) is 0.412. The van der Waals surface area contributed by atoms with E-state index < -0.39 is 0 Å². The van der Waals surface area contributed by atoms with Crippen LogP contribution in [0, 0.1) is 13.8 Å². The van der Waals surface area contributed by atoms with E-state index >= 15 is 0 Å². The van der Waals surface area contributed by atoms with Gasteiger partial charge in [0.1, 0.15) is 11.3 Å². The van der Waals surface area contributed by atoms with E-state index in [0.717, 1.165) is 5.56 Å². The van der Waals surface area contributed by atoms with Crippen molar-refractivity contribution in [2.75, 3.05) is 21.3 Å². The lowest BCUT2D eigenvalue weighted by atomic mass is 10.1. The molecule has 0 bridgehead atoms. The maximum absolute atomic E-state index is 12.5. The van der Waals surface area contributed by atoms with Crippen molar-refractivity contribution < 1.29 is 23.5 Å². The van der Waals surface area contributed by atoms with Gasteiger partial charge in [0.2, 0.25) is 5.75 Å². The monoisotopic (exact) mass is 334 g/mol. The van der Waals surface area contributed by atoms with Crippen molar-refractivity contribution in [3.05, 3.63) is 34.7 Å². The Morgan fingerprint density at radius 1 is 1.12 bits per heavy atom. The highest BCUT2D eigenvalue weighted by Gasteiger charge is 2.21. The number of benzene rings is 1. The number of amides is 1. The Morgan fingerprint density at radius 3 is 2.12 bits per heavy atom. The number of nitrogens with one attached hydrogen (secondary N) is 1. The number of hydrogen-bond acceptors (Lipinski definition) is 6. The normalized spacial score (nSPS) is 11.8. The van der Waals surface area contributed by atoms with Crippen LogP contribution in [0.25, 0.3) is 0 Å². The first kappa shape index (κ1) is 17.7. The number of carbonyl (C=O) groups is 1. The van der Waals surface area contributed by atoms with E-state index in [0.29, 0.717) is 34.3 Å². The predicted molar refractivity (Wildman–Crippen MR) is 88.0 cm³/mol. The van der Waals surface area contributed by atoms with Gasteiger partial charge in [-0.2, -0.15) is 0 Å². The molecule has 7 nitrogen and oxygen atoms in total. The fourth-order valence-corrected chi connectivity index (χ4v) is 2.51. The summed E-state index contributed by atoms with van der Waals surface area (Å²) in [6.45, 7) is 5.31. The van der Waals surface area contributed by atoms with Gasteiger partial charge < -0.3 is 24.1 Å². The molecule has 1 heterocycles. The lowest BCUT2D eigenvalue weighted by Crippen LogP contribution is -2.27. The van der Waals surface area contributed by atoms with Gasteiger partial charge in [0.25, 0.3) is 5.91 Å². The highest BCUT2D eigenvalue weighted by atomic mass is 16.5. The van der Waals surface area contributed by atoms with E-state index in [1.807, 2.05) is 6.92 Å².